The second kappa shape index (κ2) is 13.4. The van der Waals surface area contributed by atoms with Crippen molar-refractivity contribution < 1.29 is 14.3 Å². The van der Waals surface area contributed by atoms with Gasteiger partial charge < -0.3 is 14.4 Å². The first-order chi connectivity index (χ1) is 18.9. The summed E-state index contributed by atoms with van der Waals surface area (Å²) in [5.41, 5.74) is 1.31. The number of thioether (sulfide) groups is 1. The van der Waals surface area contributed by atoms with Gasteiger partial charge in [0.05, 0.1) is 18.3 Å². The van der Waals surface area contributed by atoms with Crippen molar-refractivity contribution in [2.24, 2.45) is 0 Å². The number of aromatic nitrogens is 2. The molecule has 0 spiro atoms. The van der Waals surface area contributed by atoms with Crippen LogP contribution in [0, 0.1) is 0 Å². The number of piperazine rings is 1. The van der Waals surface area contributed by atoms with Gasteiger partial charge in [0, 0.05) is 36.8 Å². The SMILES string of the molecule is CCOc1ccccc1-n1c(C(C)N2CCN(C(=O)COc3ccc(Cl)cc3)CC2)nc(SC)c(CC)c1=O. The summed E-state index contributed by atoms with van der Waals surface area (Å²) in [5, 5.41) is 1.37. The van der Waals surface area contributed by atoms with Crippen LogP contribution in [-0.4, -0.2) is 70.9 Å². The summed E-state index contributed by atoms with van der Waals surface area (Å²) >= 11 is 7.41. The first kappa shape index (κ1) is 29.0. The van der Waals surface area contributed by atoms with Gasteiger partial charge in [-0.1, -0.05) is 30.7 Å². The number of hydrogen-bond donors (Lipinski definition) is 0. The van der Waals surface area contributed by atoms with Crippen LogP contribution in [0.5, 0.6) is 11.5 Å². The van der Waals surface area contributed by atoms with Gasteiger partial charge in [0.2, 0.25) is 0 Å². The Morgan fingerprint density at radius 1 is 1.05 bits per heavy atom. The van der Waals surface area contributed by atoms with Crippen LogP contribution >= 0.6 is 23.4 Å². The molecule has 0 bridgehead atoms. The Hall–Kier alpha value is -3.01. The highest BCUT2D eigenvalue weighted by molar-refractivity contribution is 7.98. The Balaban J connectivity index is 1.55. The highest BCUT2D eigenvalue weighted by Gasteiger charge is 2.29. The zero-order chi connectivity index (χ0) is 27.9. The van der Waals surface area contributed by atoms with Crippen molar-refractivity contribution in [3.63, 3.8) is 0 Å². The third-order valence-corrected chi connectivity index (χ3v) is 7.86. The molecule has 1 aliphatic rings. The standard InChI is InChI=1S/C29H35ClN4O4S/c1-5-23-28(39-4)31-27(34(29(23)36)24-9-7-8-10-25(24)37-6-2)20(3)32-15-17-33(18-16-32)26(35)19-38-22-13-11-21(30)12-14-22/h7-14,20H,5-6,15-19H2,1-4H3. The number of carbonyl (C=O) groups excluding carboxylic acids is 1. The van der Waals surface area contributed by atoms with Crippen molar-refractivity contribution in [2.45, 2.75) is 38.3 Å². The monoisotopic (exact) mass is 570 g/mol. The Morgan fingerprint density at radius 3 is 2.38 bits per heavy atom. The van der Waals surface area contributed by atoms with E-state index in [9.17, 15) is 9.59 Å². The second-order valence-electron chi connectivity index (χ2n) is 9.19. The molecule has 10 heteroatoms. The van der Waals surface area contributed by atoms with E-state index < -0.39 is 0 Å². The maximum atomic E-state index is 13.9. The molecule has 2 aromatic carbocycles. The molecule has 3 aromatic rings. The zero-order valence-corrected chi connectivity index (χ0v) is 24.4. The van der Waals surface area contributed by atoms with Crippen molar-refractivity contribution >= 4 is 29.3 Å². The van der Waals surface area contributed by atoms with Crippen LogP contribution < -0.4 is 15.0 Å². The molecule has 1 atom stereocenters. The number of ether oxygens (including phenoxy) is 2. The normalized spacial score (nSPS) is 14.7. The van der Waals surface area contributed by atoms with Crippen molar-refractivity contribution in [2.75, 3.05) is 45.6 Å². The fourth-order valence-electron chi connectivity index (χ4n) is 4.74. The molecule has 208 valence electrons. The summed E-state index contributed by atoms with van der Waals surface area (Å²) < 4.78 is 13.3. The molecule has 1 saturated heterocycles. The third kappa shape index (κ3) is 6.59. The van der Waals surface area contributed by atoms with Crippen LogP contribution in [0.15, 0.2) is 58.4 Å². The van der Waals surface area contributed by atoms with Crippen molar-refractivity contribution in [1.29, 1.82) is 0 Å². The number of hydrogen-bond acceptors (Lipinski definition) is 7. The van der Waals surface area contributed by atoms with E-state index >= 15 is 0 Å². The largest absolute Gasteiger partial charge is 0.492 e. The second-order valence-corrected chi connectivity index (χ2v) is 10.4. The Kier molecular flexibility index (Phi) is 9.94. The minimum absolute atomic E-state index is 0.0257. The molecule has 1 aliphatic heterocycles. The molecule has 0 N–H and O–H groups in total. The number of halogens is 1. The van der Waals surface area contributed by atoms with Crippen molar-refractivity contribution in [1.82, 2.24) is 19.4 Å². The highest BCUT2D eigenvalue weighted by atomic mass is 35.5. The molecule has 4 rings (SSSR count). The molecule has 0 saturated carbocycles. The maximum absolute atomic E-state index is 13.9. The summed E-state index contributed by atoms with van der Waals surface area (Å²) in [6, 6.07) is 14.4. The van der Waals surface area contributed by atoms with Gasteiger partial charge >= 0.3 is 0 Å². The zero-order valence-electron chi connectivity index (χ0n) is 22.9. The number of para-hydroxylation sites is 2. The molecule has 8 nitrogen and oxygen atoms in total. The van der Waals surface area contributed by atoms with Gasteiger partial charge in [0.15, 0.2) is 6.61 Å². The van der Waals surface area contributed by atoms with Crippen LogP contribution in [0.2, 0.25) is 5.02 Å². The van der Waals surface area contributed by atoms with Gasteiger partial charge in [-0.25, -0.2) is 4.98 Å². The average Bonchev–Trinajstić information content (AvgIpc) is 2.96. The minimum atomic E-state index is -0.160. The van der Waals surface area contributed by atoms with Crippen molar-refractivity contribution in [3.05, 3.63) is 75.3 Å². The van der Waals surface area contributed by atoms with E-state index in [0.29, 0.717) is 72.8 Å². The van der Waals surface area contributed by atoms with Gasteiger partial charge in [0.25, 0.3) is 11.5 Å². The van der Waals surface area contributed by atoms with E-state index in [2.05, 4.69) is 11.8 Å². The Bertz CT molecular complexity index is 1340. The lowest BCUT2D eigenvalue weighted by atomic mass is 10.1. The van der Waals surface area contributed by atoms with Crippen LogP contribution in [0.25, 0.3) is 5.69 Å². The van der Waals surface area contributed by atoms with Crippen LogP contribution in [0.4, 0.5) is 0 Å². The summed E-state index contributed by atoms with van der Waals surface area (Å²) in [7, 11) is 0. The number of benzene rings is 2. The molecule has 0 aliphatic carbocycles. The van der Waals surface area contributed by atoms with E-state index in [1.807, 2.05) is 49.3 Å². The smallest absolute Gasteiger partial charge is 0.262 e. The summed E-state index contributed by atoms with van der Waals surface area (Å²) in [5.74, 6) is 1.86. The Labute approximate surface area is 238 Å². The lowest BCUT2D eigenvalue weighted by molar-refractivity contribution is -0.135. The van der Waals surface area contributed by atoms with Crippen LogP contribution in [-0.2, 0) is 11.2 Å². The fraction of sp³-hybridized carbons (Fsp3) is 0.414. The molecule has 1 fully saturated rings. The lowest BCUT2D eigenvalue weighted by Crippen LogP contribution is -2.51. The number of nitrogens with zero attached hydrogens (tertiary/aromatic N) is 4. The molecular weight excluding hydrogens is 536 g/mol. The molecular formula is C29H35ClN4O4S. The van der Waals surface area contributed by atoms with Gasteiger partial charge in [-0.2, -0.15) is 0 Å². The van der Waals surface area contributed by atoms with Gasteiger partial charge in [-0.05, 0) is 62.9 Å². The van der Waals surface area contributed by atoms with E-state index in [4.69, 9.17) is 26.1 Å². The molecule has 0 radical (unpaired) electrons. The van der Waals surface area contributed by atoms with Gasteiger partial charge in [-0.3, -0.25) is 19.1 Å². The molecule has 1 unspecified atom stereocenters. The van der Waals surface area contributed by atoms with E-state index in [1.165, 1.54) is 11.8 Å². The highest BCUT2D eigenvalue weighted by Crippen LogP contribution is 2.29. The molecule has 39 heavy (non-hydrogen) atoms. The predicted molar refractivity (Wildman–Crippen MR) is 156 cm³/mol. The molecule has 1 amide bonds. The lowest BCUT2D eigenvalue weighted by Gasteiger charge is -2.38. The summed E-state index contributed by atoms with van der Waals surface area (Å²) in [6.07, 6.45) is 2.54. The first-order valence-corrected chi connectivity index (χ1v) is 14.8. The molecule has 1 aromatic heterocycles. The average molecular weight is 571 g/mol. The Morgan fingerprint density at radius 2 is 1.74 bits per heavy atom. The van der Waals surface area contributed by atoms with E-state index in [0.717, 1.165) is 5.03 Å². The van der Waals surface area contributed by atoms with Crippen molar-refractivity contribution in [3.8, 4) is 17.2 Å². The third-order valence-electron chi connectivity index (χ3n) is 6.88. The first-order valence-electron chi connectivity index (χ1n) is 13.2. The quantitative estimate of drug-likeness (QED) is 0.255. The maximum Gasteiger partial charge on any atom is 0.262 e. The predicted octanol–water partition coefficient (Wildman–Crippen LogP) is 4.85. The molecule has 2 heterocycles. The number of carbonyl (C=O) groups is 1. The van der Waals surface area contributed by atoms with Gasteiger partial charge in [-0.15, -0.1) is 11.8 Å². The van der Waals surface area contributed by atoms with Gasteiger partial charge in [0.1, 0.15) is 22.3 Å². The minimum Gasteiger partial charge on any atom is -0.492 e. The summed E-state index contributed by atoms with van der Waals surface area (Å²) in [4.78, 5) is 35.8. The number of amides is 1. The fourth-order valence-corrected chi connectivity index (χ4v) is 5.53. The van der Waals surface area contributed by atoms with E-state index in [1.54, 1.807) is 28.8 Å². The number of rotatable bonds is 10. The van der Waals surface area contributed by atoms with Crippen LogP contribution in [0.3, 0.4) is 0 Å². The van der Waals surface area contributed by atoms with E-state index in [-0.39, 0.29) is 24.1 Å². The summed E-state index contributed by atoms with van der Waals surface area (Å²) in [6.45, 7) is 8.88. The van der Waals surface area contributed by atoms with Crippen LogP contribution in [0.1, 0.15) is 38.2 Å². The topological polar surface area (TPSA) is 76.9 Å².